The molecule has 0 unspecified atom stereocenters. The summed E-state index contributed by atoms with van der Waals surface area (Å²) in [5, 5.41) is 0. The molecule has 0 aliphatic carbocycles. The van der Waals surface area contributed by atoms with E-state index >= 15 is 0 Å². The van der Waals surface area contributed by atoms with E-state index < -0.39 is 0 Å². The molecular formula is C22H29BrN2O. The smallest absolute Gasteiger partial charge is 0.119 e. The van der Waals surface area contributed by atoms with Crippen LogP contribution in [0.1, 0.15) is 32.3 Å². The van der Waals surface area contributed by atoms with Gasteiger partial charge in [0.05, 0.1) is 6.61 Å². The average Bonchev–Trinajstić information content (AvgIpc) is 3.08. The molecule has 1 aliphatic heterocycles. The molecule has 0 amide bonds. The molecular weight excluding hydrogens is 388 g/mol. The Morgan fingerprint density at radius 2 is 1.81 bits per heavy atom. The number of unbranched alkanes of at least 4 members (excludes halogenated alkanes) is 1. The Morgan fingerprint density at radius 1 is 1.04 bits per heavy atom. The molecule has 0 radical (unpaired) electrons. The van der Waals surface area contributed by atoms with Crippen molar-refractivity contribution >= 4 is 27.3 Å². The monoisotopic (exact) mass is 416 g/mol. The van der Waals surface area contributed by atoms with Crippen LogP contribution < -0.4 is 9.64 Å². The van der Waals surface area contributed by atoms with Crippen LogP contribution in [0.25, 0.3) is 0 Å². The van der Waals surface area contributed by atoms with Gasteiger partial charge in [-0.05, 0) is 86.9 Å². The van der Waals surface area contributed by atoms with Crippen molar-refractivity contribution in [3.8, 4) is 5.75 Å². The van der Waals surface area contributed by atoms with Gasteiger partial charge in [0.2, 0.25) is 0 Å². The van der Waals surface area contributed by atoms with Crippen molar-refractivity contribution in [3.63, 3.8) is 0 Å². The first-order valence-corrected chi connectivity index (χ1v) is 10.5. The van der Waals surface area contributed by atoms with Gasteiger partial charge in [-0.1, -0.05) is 29.8 Å². The van der Waals surface area contributed by atoms with Gasteiger partial charge in [-0.15, -0.1) is 0 Å². The summed E-state index contributed by atoms with van der Waals surface area (Å²) < 4.78 is 7.11. The number of nitrogens with zero attached hydrogens (tertiary/aromatic N) is 2. The first-order valence-electron chi connectivity index (χ1n) is 9.72. The molecule has 140 valence electrons. The first-order chi connectivity index (χ1) is 12.7. The molecule has 0 saturated carbocycles. The average molecular weight is 417 g/mol. The van der Waals surface area contributed by atoms with Crippen molar-refractivity contribution in [2.75, 3.05) is 37.7 Å². The molecule has 3 nitrogen and oxygen atoms in total. The SMILES string of the molecule is CCN(CC)CCCCOc1ccc2c(c1)CCN2c1ccc(Br)cc1. The largest absolute Gasteiger partial charge is 0.494 e. The molecule has 26 heavy (non-hydrogen) atoms. The van der Waals surface area contributed by atoms with Crippen LogP contribution in [0.3, 0.4) is 0 Å². The Bertz CT molecular complexity index is 698. The van der Waals surface area contributed by atoms with Gasteiger partial charge >= 0.3 is 0 Å². The van der Waals surface area contributed by atoms with Crippen LogP contribution in [-0.4, -0.2) is 37.7 Å². The standard InChI is InChI=1S/C22H29BrN2O/c1-3-24(4-2)14-5-6-16-26-21-11-12-22-18(17-21)13-15-25(22)20-9-7-19(23)8-10-20/h7-12,17H,3-6,13-16H2,1-2H3. The highest BCUT2D eigenvalue weighted by Gasteiger charge is 2.20. The van der Waals surface area contributed by atoms with Crippen molar-refractivity contribution in [3.05, 3.63) is 52.5 Å². The fourth-order valence-electron chi connectivity index (χ4n) is 3.52. The molecule has 0 aromatic heterocycles. The van der Waals surface area contributed by atoms with E-state index in [1.54, 1.807) is 0 Å². The Hall–Kier alpha value is -1.52. The van der Waals surface area contributed by atoms with Gasteiger partial charge in [-0.3, -0.25) is 0 Å². The summed E-state index contributed by atoms with van der Waals surface area (Å²) in [6, 6.07) is 15.1. The predicted octanol–water partition coefficient (Wildman–Crippen LogP) is 5.64. The van der Waals surface area contributed by atoms with Crippen molar-refractivity contribution in [2.24, 2.45) is 0 Å². The van der Waals surface area contributed by atoms with Crippen LogP contribution in [-0.2, 0) is 6.42 Å². The minimum atomic E-state index is 0.802. The molecule has 3 rings (SSSR count). The van der Waals surface area contributed by atoms with Crippen molar-refractivity contribution in [1.29, 1.82) is 0 Å². The number of anilines is 2. The molecule has 2 aromatic carbocycles. The zero-order valence-corrected chi connectivity index (χ0v) is 17.5. The lowest BCUT2D eigenvalue weighted by molar-refractivity contribution is 0.266. The molecule has 0 atom stereocenters. The van der Waals surface area contributed by atoms with Crippen LogP contribution in [0.2, 0.25) is 0 Å². The Morgan fingerprint density at radius 3 is 2.54 bits per heavy atom. The van der Waals surface area contributed by atoms with Gasteiger partial charge in [0.25, 0.3) is 0 Å². The Labute approximate surface area is 166 Å². The van der Waals surface area contributed by atoms with Crippen molar-refractivity contribution in [1.82, 2.24) is 4.90 Å². The van der Waals surface area contributed by atoms with E-state index in [0.717, 1.165) is 49.3 Å². The molecule has 0 fully saturated rings. The maximum absolute atomic E-state index is 5.99. The third-order valence-electron chi connectivity index (χ3n) is 5.12. The fraction of sp³-hybridized carbons (Fsp3) is 0.455. The maximum Gasteiger partial charge on any atom is 0.119 e. The van der Waals surface area contributed by atoms with Gasteiger partial charge in [0.15, 0.2) is 0 Å². The topological polar surface area (TPSA) is 15.7 Å². The van der Waals surface area contributed by atoms with Crippen LogP contribution in [0.4, 0.5) is 11.4 Å². The summed E-state index contributed by atoms with van der Waals surface area (Å²) in [4.78, 5) is 4.85. The number of rotatable bonds is 9. The normalized spacial score (nSPS) is 13.3. The molecule has 4 heteroatoms. The highest BCUT2D eigenvalue weighted by atomic mass is 79.9. The van der Waals surface area contributed by atoms with Crippen LogP contribution >= 0.6 is 15.9 Å². The number of hydrogen-bond acceptors (Lipinski definition) is 3. The summed E-state index contributed by atoms with van der Waals surface area (Å²) >= 11 is 3.51. The van der Waals surface area contributed by atoms with E-state index in [1.807, 2.05) is 0 Å². The second kappa shape index (κ2) is 9.43. The lowest BCUT2D eigenvalue weighted by Gasteiger charge is -2.20. The predicted molar refractivity (Wildman–Crippen MR) is 114 cm³/mol. The minimum Gasteiger partial charge on any atom is -0.494 e. The maximum atomic E-state index is 5.99. The molecule has 1 heterocycles. The highest BCUT2D eigenvalue weighted by Crippen LogP contribution is 2.36. The van der Waals surface area contributed by atoms with E-state index in [4.69, 9.17) is 4.74 Å². The van der Waals surface area contributed by atoms with Gasteiger partial charge < -0.3 is 14.5 Å². The van der Waals surface area contributed by atoms with E-state index in [-0.39, 0.29) is 0 Å². The second-order valence-electron chi connectivity index (χ2n) is 6.75. The van der Waals surface area contributed by atoms with Gasteiger partial charge in [-0.2, -0.15) is 0 Å². The third kappa shape index (κ3) is 4.80. The van der Waals surface area contributed by atoms with Crippen molar-refractivity contribution in [2.45, 2.75) is 33.1 Å². The minimum absolute atomic E-state index is 0.802. The number of ether oxygens (including phenoxy) is 1. The van der Waals surface area contributed by atoms with Crippen LogP contribution in [0.15, 0.2) is 46.9 Å². The summed E-state index contributed by atoms with van der Waals surface area (Å²) in [6.45, 7) is 9.72. The van der Waals surface area contributed by atoms with Crippen LogP contribution in [0.5, 0.6) is 5.75 Å². The van der Waals surface area contributed by atoms with E-state index in [1.165, 1.54) is 29.9 Å². The molecule has 0 spiro atoms. The first kappa shape index (κ1) is 19.2. The second-order valence-corrected chi connectivity index (χ2v) is 7.67. The van der Waals surface area contributed by atoms with E-state index in [0.29, 0.717) is 0 Å². The summed E-state index contributed by atoms with van der Waals surface area (Å²) in [5.41, 5.74) is 3.94. The molecule has 0 saturated heterocycles. The highest BCUT2D eigenvalue weighted by molar-refractivity contribution is 9.10. The quantitative estimate of drug-likeness (QED) is 0.491. The number of benzene rings is 2. The van der Waals surface area contributed by atoms with Gasteiger partial charge in [0, 0.05) is 22.4 Å². The summed E-state index contributed by atoms with van der Waals surface area (Å²) in [7, 11) is 0. The zero-order valence-electron chi connectivity index (χ0n) is 15.9. The molecule has 0 bridgehead atoms. The van der Waals surface area contributed by atoms with Gasteiger partial charge in [0.1, 0.15) is 5.75 Å². The van der Waals surface area contributed by atoms with Crippen LogP contribution in [0, 0.1) is 0 Å². The van der Waals surface area contributed by atoms with E-state index in [2.05, 4.69) is 82.0 Å². The zero-order chi connectivity index (χ0) is 18.4. The molecule has 2 aromatic rings. The fourth-order valence-corrected chi connectivity index (χ4v) is 3.79. The lowest BCUT2D eigenvalue weighted by atomic mass is 10.1. The Kier molecular flexibility index (Phi) is 6.98. The molecule has 0 N–H and O–H groups in total. The third-order valence-corrected chi connectivity index (χ3v) is 5.65. The van der Waals surface area contributed by atoms with E-state index in [9.17, 15) is 0 Å². The Balaban J connectivity index is 1.52. The number of fused-ring (bicyclic) bond motifs is 1. The van der Waals surface area contributed by atoms with Crippen molar-refractivity contribution < 1.29 is 4.74 Å². The number of hydrogen-bond donors (Lipinski definition) is 0. The summed E-state index contributed by atoms with van der Waals surface area (Å²) in [5.74, 6) is 1.00. The number of halogens is 1. The van der Waals surface area contributed by atoms with Gasteiger partial charge in [-0.25, -0.2) is 0 Å². The molecule has 1 aliphatic rings. The summed E-state index contributed by atoms with van der Waals surface area (Å²) in [6.07, 6.45) is 3.38. The lowest BCUT2D eigenvalue weighted by Crippen LogP contribution is -2.24.